The average Bonchev–Trinajstić information content (AvgIpc) is 3.15. The lowest BCUT2D eigenvalue weighted by Gasteiger charge is -2.23. The molecule has 0 unspecified atom stereocenters. The summed E-state index contributed by atoms with van der Waals surface area (Å²) in [4.78, 5) is 15.2. The molecule has 0 N–H and O–H groups in total. The average molecular weight is 494 g/mol. The van der Waals surface area contributed by atoms with E-state index in [0.717, 1.165) is 23.4 Å². The maximum atomic E-state index is 13.4. The number of aromatic nitrogens is 2. The fraction of sp³-hybridized carbons (Fsp3) is 0.185. The molecule has 0 bridgehead atoms. The first-order valence-corrected chi connectivity index (χ1v) is 11.8. The Kier molecular flexibility index (Phi) is 7.56. The minimum atomic E-state index is -0.128. The van der Waals surface area contributed by atoms with Crippen molar-refractivity contribution in [2.45, 2.75) is 26.8 Å². The van der Waals surface area contributed by atoms with Gasteiger partial charge in [-0.1, -0.05) is 60.5 Å². The van der Waals surface area contributed by atoms with Gasteiger partial charge >= 0.3 is 0 Å². The lowest BCUT2D eigenvalue weighted by molar-refractivity contribution is 0.0742. The molecule has 0 fully saturated rings. The summed E-state index contributed by atoms with van der Waals surface area (Å²) in [6, 6.07) is 24.0. The van der Waals surface area contributed by atoms with Crippen molar-refractivity contribution in [3.05, 3.63) is 106 Å². The number of benzene rings is 3. The van der Waals surface area contributed by atoms with E-state index in [9.17, 15) is 4.79 Å². The summed E-state index contributed by atoms with van der Waals surface area (Å²) >= 11 is 12.4. The highest BCUT2D eigenvalue weighted by Crippen LogP contribution is 2.32. The third kappa shape index (κ3) is 5.27. The van der Waals surface area contributed by atoms with E-state index in [2.05, 4.69) is 0 Å². The maximum Gasteiger partial charge on any atom is 0.255 e. The SMILES string of the molecule is CCCN(Cc1c(C)nn(-c2ccccc2)c1Oc1ccc(Cl)cc1)C(=O)c1ccccc1Cl. The molecule has 3 aromatic carbocycles. The number of nitrogens with zero attached hydrogens (tertiary/aromatic N) is 3. The molecule has 7 heteroatoms. The normalized spacial score (nSPS) is 10.8. The van der Waals surface area contributed by atoms with Crippen LogP contribution in [0.5, 0.6) is 11.6 Å². The standard InChI is InChI=1S/C27H25Cl2N3O2/c1-3-17-31(26(33)23-11-7-8-12-25(23)29)18-24-19(2)30-32(21-9-5-4-6-10-21)27(24)34-22-15-13-20(28)14-16-22/h4-16H,3,17-18H2,1-2H3. The Balaban J connectivity index is 1.76. The van der Waals surface area contributed by atoms with Crippen molar-refractivity contribution in [2.75, 3.05) is 6.54 Å². The number of amides is 1. The van der Waals surface area contributed by atoms with Crippen LogP contribution in [0, 0.1) is 6.92 Å². The Labute approximate surface area is 209 Å². The number of para-hydroxylation sites is 1. The van der Waals surface area contributed by atoms with E-state index in [0.29, 0.717) is 40.3 Å². The summed E-state index contributed by atoms with van der Waals surface area (Å²) in [5.41, 5.74) is 2.94. The zero-order valence-electron chi connectivity index (χ0n) is 19.0. The van der Waals surface area contributed by atoms with Crippen LogP contribution in [0.2, 0.25) is 10.0 Å². The van der Waals surface area contributed by atoms with Gasteiger partial charge in [-0.15, -0.1) is 0 Å². The van der Waals surface area contributed by atoms with Crippen molar-refractivity contribution in [1.29, 1.82) is 0 Å². The first kappa shape index (κ1) is 23.9. The zero-order chi connectivity index (χ0) is 24.1. The Morgan fingerprint density at radius 3 is 2.32 bits per heavy atom. The van der Waals surface area contributed by atoms with Crippen LogP contribution in [0.4, 0.5) is 0 Å². The molecule has 1 aromatic heterocycles. The highest BCUT2D eigenvalue weighted by Gasteiger charge is 2.25. The van der Waals surface area contributed by atoms with Crippen LogP contribution >= 0.6 is 23.2 Å². The van der Waals surface area contributed by atoms with E-state index in [1.165, 1.54) is 0 Å². The Morgan fingerprint density at radius 1 is 0.971 bits per heavy atom. The molecule has 1 heterocycles. The second-order valence-corrected chi connectivity index (χ2v) is 8.72. The van der Waals surface area contributed by atoms with Gasteiger partial charge in [-0.2, -0.15) is 5.10 Å². The minimum absolute atomic E-state index is 0.128. The molecule has 1 amide bonds. The molecule has 0 saturated heterocycles. The molecule has 0 aliphatic heterocycles. The smallest absolute Gasteiger partial charge is 0.255 e. The minimum Gasteiger partial charge on any atom is -0.439 e. The third-order valence-electron chi connectivity index (χ3n) is 5.40. The second-order valence-electron chi connectivity index (χ2n) is 7.88. The van der Waals surface area contributed by atoms with Gasteiger partial charge in [0, 0.05) is 11.6 Å². The number of carbonyl (C=O) groups excluding carboxylic acids is 1. The highest BCUT2D eigenvalue weighted by molar-refractivity contribution is 6.33. The van der Waals surface area contributed by atoms with E-state index in [1.54, 1.807) is 33.8 Å². The first-order chi connectivity index (χ1) is 16.5. The van der Waals surface area contributed by atoms with Gasteiger partial charge in [-0.3, -0.25) is 4.79 Å². The second kappa shape index (κ2) is 10.8. The van der Waals surface area contributed by atoms with Crippen molar-refractivity contribution in [1.82, 2.24) is 14.7 Å². The molecule has 4 aromatic rings. The molecule has 0 atom stereocenters. The fourth-order valence-corrected chi connectivity index (χ4v) is 4.04. The first-order valence-electron chi connectivity index (χ1n) is 11.1. The molecule has 0 spiro atoms. The Bertz CT molecular complexity index is 1270. The van der Waals surface area contributed by atoms with E-state index in [4.69, 9.17) is 33.0 Å². The maximum absolute atomic E-state index is 13.4. The molecular weight excluding hydrogens is 469 g/mol. The quantitative estimate of drug-likeness (QED) is 0.258. The van der Waals surface area contributed by atoms with Gasteiger partial charge in [0.05, 0.1) is 34.1 Å². The van der Waals surface area contributed by atoms with Crippen LogP contribution in [0.3, 0.4) is 0 Å². The fourth-order valence-electron chi connectivity index (χ4n) is 3.70. The predicted molar refractivity (Wildman–Crippen MR) is 136 cm³/mol. The lowest BCUT2D eigenvalue weighted by atomic mass is 10.1. The molecule has 4 rings (SSSR count). The Morgan fingerprint density at radius 2 is 1.65 bits per heavy atom. The summed E-state index contributed by atoms with van der Waals surface area (Å²) in [6.45, 7) is 4.87. The van der Waals surface area contributed by atoms with Crippen LogP contribution in [0.25, 0.3) is 5.69 Å². The zero-order valence-corrected chi connectivity index (χ0v) is 20.6. The number of carbonyl (C=O) groups is 1. The third-order valence-corrected chi connectivity index (χ3v) is 5.98. The van der Waals surface area contributed by atoms with Gasteiger partial charge in [0.2, 0.25) is 5.88 Å². The molecule has 0 aliphatic carbocycles. The van der Waals surface area contributed by atoms with Crippen LogP contribution in [-0.2, 0) is 6.54 Å². The van der Waals surface area contributed by atoms with E-state index >= 15 is 0 Å². The van der Waals surface area contributed by atoms with Gasteiger partial charge in [-0.25, -0.2) is 4.68 Å². The summed E-state index contributed by atoms with van der Waals surface area (Å²) in [5.74, 6) is 1.05. The molecule has 0 aliphatic rings. The Hall–Kier alpha value is -3.28. The van der Waals surface area contributed by atoms with Crippen LogP contribution in [0.1, 0.15) is 35.0 Å². The number of aryl methyl sites for hydroxylation is 1. The number of hydrogen-bond acceptors (Lipinski definition) is 3. The molecule has 0 radical (unpaired) electrons. The summed E-state index contributed by atoms with van der Waals surface area (Å²) in [7, 11) is 0. The van der Waals surface area contributed by atoms with Crippen LogP contribution in [0.15, 0.2) is 78.9 Å². The molecule has 34 heavy (non-hydrogen) atoms. The van der Waals surface area contributed by atoms with E-state index < -0.39 is 0 Å². The largest absolute Gasteiger partial charge is 0.439 e. The molecule has 5 nitrogen and oxygen atoms in total. The van der Waals surface area contributed by atoms with Crippen LogP contribution in [-0.4, -0.2) is 27.1 Å². The number of ether oxygens (including phenoxy) is 1. The van der Waals surface area contributed by atoms with Crippen molar-refractivity contribution < 1.29 is 9.53 Å². The van der Waals surface area contributed by atoms with Crippen molar-refractivity contribution >= 4 is 29.1 Å². The number of halogens is 2. The van der Waals surface area contributed by atoms with Gasteiger partial charge in [-0.05, 0) is 61.9 Å². The monoisotopic (exact) mass is 493 g/mol. The molecule has 0 saturated carbocycles. The van der Waals surface area contributed by atoms with Gasteiger partial charge in [0.25, 0.3) is 5.91 Å². The lowest BCUT2D eigenvalue weighted by Crippen LogP contribution is -2.31. The molecule has 174 valence electrons. The molecular formula is C27H25Cl2N3O2. The summed E-state index contributed by atoms with van der Waals surface area (Å²) < 4.78 is 8.10. The van der Waals surface area contributed by atoms with Crippen molar-refractivity contribution in [3.63, 3.8) is 0 Å². The summed E-state index contributed by atoms with van der Waals surface area (Å²) in [5, 5.41) is 5.82. The number of rotatable bonds is 8. The van der Waals surface area contributed by atoms with Crippen molar-refractivity contribution in [3.8, 4) is 17.3 Å². The van der Waals surface area contributed by atoms with Gasteiger partial charge < -0.3 is 9.64 Å². The van der Waals surface area contributed by atoms with Gasteiger partial charge in [0.1, 0.15) is 5.75 Å². The van der Waals surface area contributed by atoms with Crippen molar-refractivity contribution in [2.24, 2.45) is 0 Å². The van der Waals surface area contributed by atoms with Crippen LogP contribution < -0.4 is 4.74 Å². The summed E-state index contributed by atoms with van der Waals surface area (Å²) in [6.07, 6.45) is 0.801. The topological polar surface area (TPSA) is 47.4 Å². The number of hydrogen-bond donors (Lipinski definition) is 0. The van der Waals surface area contributed by atoms with Gasteiger partial charge in [0.15, 0.2) is 0 Å². The highest BCUT2D eigenvalue weighted by atomic mass is 35.5. The predicted octanol–water partition coefficient (Wildman–Crippen LogP) is 7.33. The van der Waals surface area contributed by atoms with E-state index in [1.807, 2.05) is 68.4 Å². The van der Waals surface area contributed by atoms with E-state index in [-0.39, 0.29) is 5.91 Å².